The molecule has 1 amide bonds. The lowest BCUT2D eigenvalue weighted by Crippen LogP contribution is -2.27. The van der Waals surface area contributed by atoms with Gasteiger partial charge in [-0.15, -0.1) is 17.9 Å². The Morgan fingerprint density at radius 2 is 2.36 bits per heavy atom. The summed E-state index contributed by atoms with van der Waals surface area (Å²) in [5.74, 6) is 0.825. The van der Waals surface area contributed by atoms with E-state index in [1.807, 2.05) is 6.92 Å². The summed E-state index contributed by atoms with van der Waals surface area (Å²) in [4.78, 5) is 31.7. The number of carbonyl (C=O) groups excluding carboxylic acids is 1. The Morgan fingerprint density at radius 3 is 3.08 bits per heavy atom. The van der Waals surface area contributed by atoms with E-state index in [2.05, 4.69) is 18.8 Å². The first-order valence-corrected chi connectivity index (χ1v) is 10.4. The number of thioether (sulfide) groups is 1. The van der Waals surface area contributed by atoms with E-state index in [4.69, 9.17) is 4.98 Å². The van der Waals surface area contributed by atoms with Crippen LogP contribution in [0.3, 0.4) is 0 Å². The summed E-state index contributed by atoms with van der Waals surface area (Å²) in [6.07, 6.45) is 4.78. The lowest BCUT2D eigenvalue weighted by molar-refractivity contribution is -0.118. The Balaban J connectivity index is 1.95. The Labute approximate surface area is 155 Å². The highest BCUT2D eigenvalue weighted by molar-refractivity contribution is 7.99. The third kappa shape index (κ3) is 3.67. The van der Waals surface area contributed by atoms with E-state index in [1.165, 1.54) is 22.2 Å². The molecule has 7 heteroatoms. The molecule has 1 aliphatic carbocycles. The number of hydrogen-bond donors (Lipinski definition) is 1. The number of aromatic nitrogens is 2. The second-order valence-electron chi connectivity index (χ2n) is 6.36. The van der Waals surface area contributed by atoms with Crippen molar-refractivity contribution in [3.63, 3.8) is 0 Å². The third-order valence-corrected chi connectivity index (χ3v) is 6.60. The van der Waals surface area contributed by atoms with Crippen molar-refractivity contribution in [2.45, 2.75) is 44.8 Å². The predicted octanol–water partition coefficient (Wildman–Crippen LogP) is 3.00. The van der Waals surface area contributed by atoms with Crippen LogP contribution in [-0.4, -0.2) is 27.8 Å². The number of hydrogen-bond acceptors (Lipinski definition) is 5. The summed E-state index contributed by atoms with van der Waals surface area (Å²) in [7, 11) is 0. The molecule has 0 fully saturated rings. The molecule has 0 aromatic carbocycles. The number of nitrogens with zero attached hydrogens (tertiary/aromatic N) is 2. The fourth-order valence-electron chi connectivity index (χ4n) is 3.16. The first-order valence-electron chi connectivity index (χ1n) is 8.60. The van der Waals surface area contributed by atoms with Gasteiger partial charge in [-0.3, -0.25) is 14.2 Å². The fraction of sp³-hybridized carbons (Fsp3) is 0.500. The summed E-state index contributed by atoms with van der Waals surface area (Å²) in [5.41, 5.74) is 1.24. The van der Waals surface area contributed by atoms with Gasteiger partial charge in [-0.2, -0.15) is 0 Å². The Kier molecular flexibility index (Phi) is 5.64. The maximum absolute atomic E-state index is 13.0. The van der Waals surface area contributed by atoms with Crippen LogP contribution in [0.4, 0.5) is 0 Å². The van der Waals surface area contributed by atoms with Crippen LogP contribution in [0.5, 0.6) is 0 Å². The third-order valence-electron chi connectivity index (χ3n) is 4.47. The van der Waals surface area contributed by atoms with Gasteiger partial charge in [0.1, 0.15) is 4.83 Å². The van der Waals surface area contributed by atoms with Gasteiger partial charge in [0.15, 0.2) is 5.16 Å². The lowest BCUT2D eigenvalue weighted by atomic mass is 9.89. The number of thiophene rings is 1. The van der Waals surface area contributed by atoms with Crippen LogP contribution < -0.4 is 10.9 Å². The standard InChI is InChI=1S/C18H23N3O2S2/c1-4-8-19-14(22)10-24-18-20-16-15(17(23)21(18)5-2)12-7-6-11(3)9-13(12)25-16/h4,11H,1,5-10H2,2-3H3,(H,19,22)/t11-/m0/s1. The molecular weight excluding hydrogens is 354 g/mol. The van der Waals surface area contributed by atoms with Crippen LogP contribution in [0.1, 0.15) is 30.7 Å². The highest BCUT2D eigenvalue weighted by Gasteiger charge is 2.24. The number of fused-ring (bicyclic) bond motifs is 3. The van der Waals surface area contributed by atoms with Gasteiger partial charge >= 0.3 is 0 Å². The van der Waals surface area contributed by atoms with Gasteiger partial charge in [-0.25, -0.2) is 4.98 Å². The molecule has 134 valence electrons. The summed E-state index contributed by atoms with van der Waals surface area (Å²) < 4.78 is 1.69. The molecule has 3 rings (SSSR count). The minimum Gasteiger partial charge on any atom is -0.352 e. The van der Waals surface area contributed by atoms with E-state index in [1.54, 1.807) is 22.0 Å². The van der Waals surface area contributed by atoms with E-state index in [0.29, 0.717) is 24.2 Å². The fourth-order valence-corrected chi connectivity index (χ4v) is 5.48. The van der Waals surface area contributed by atoms with Gasteiger partial charge in [0.05, 0.1) is 11.1 Å². The topological polar surface area (TPSA) is 64.0 Å². The van der Waals surface area contributed by atoms with Gasteiger partial charge in [-0.1, -0.05) is 24.8 Å². The van der Waals surface area contributed by atoms with Crippen LogP contribution in [0, 0.1) is 5.92 Å². The van der Waals surface area contributed by atoms with Crippen molar-refractivity contribution in [1.29, 1.82) is 0 Å². The number of amides is 1. The summed E-state index contributed by atoms with van der Waals surface area (Å²) in [5, 5.41) is 4.17. The van der Waals surface area contributed by atoms with Crippen molar-refractivity contribution in [3.8, 4) is 0 Å². The summed E-state index contributed by atoms with van der Waals surface area (Å²) >= 11 is 2.97. The Morgan fingerprint density at radius 1 is 1.56 bits per heavy atom. The molecule has 1 aliphatic rings. The average Bonchev–Trinajstić information content (AvgIpc) is 2.95. The molecule has 0 spiro atoms. The van der Waals surface area contributed by atoms with Crippen molar-refractivity contribution < 1.29 is 4.79 Å². The minimum absolute atomic E-state index is 0.0357. The molecule has 0 unspecified atom stereocenters. The van der Waals surface area contributed by atoms with Crippen LogP contribution in [0.2, 0.25) is 0 Å². The zero-order chi connectivity index (χ0) is 18.0. The van der Waals surface area contributed by atoms with Gasteiger partial charge in [0.2, 0.25) is 5.91 Å². The molecule has 0 saturated heterocycles. The van der Waals surface area contributed by atoms with Crippen molar-refractivity contribution in [1.82, 2.24) is 14.9 Å². The zero-order valence-corrected chi connectivity index (χ0v) is 16.3. The smallest absolute Gasteiger partial charge is 0.263 e. The van der Waals surface area contributed by atoms with Crippen LogP contribution in [0.25, 0.3) is 10.2 Å². The number of nitrogens with one attached hydrogen (secondary N) is 1. The van der Waals surface area contributed by atoms with Gasteiger partial charge in [-0.05, 0) is 37.7 Å². The highest BCUT2D eigenvalue weighted by atomic mass is 32.2. The molecule has 0 saturated carbocycles. The van der Waals surface area contributed by atoms with E-state index >= 15 is 0 Å². The average molecular weight is 378 g/mol. The number of carbonyl (C=O) groups is 1. The van der Waals surface area contributed by atoms with E-state index < -0.39 is 0 Å². The van der Waals surface area contributed by atoms with Gasteiger partial charge in [0.25, 0.3) is 5.56 Å². The molecule has 1 atom stereocenters. The van der Waals surface area contributed by atoms with Crippen molar-refractivity contribution >= 4 is 39.2 Å². The van der Waals surface area contributed by atoms with E-state index in [-0.39, 0.29) is 17.2 Å². The minimum atomic E-state index is -0.0822. The molecular formula is C18H23N3O2S2. The molecule has 5 nitrogen and oxygen atoms in total. The second-order valence-corrected chi connectivity index (χ2v) is 8.38. The molecule has 0 aliphatic heterocycles. The maximum atomic E-state index is 13.0. The number of aryl methyl sites for hydroxylation is 1. The van der Waals surface area contributed by atoms with Gasteiger partial charge < -0.3 is 5.32 Å². The van der Waals surface area contributed by atoms with Crippen LogP contribution in [0.15, 0.2) is 22.6 Å². The molecule has 1 N–H and O–H groups in total. The Bertz CT molecular complexity index is 869. The van der Waals surface area contributed by atoms with Crippen LogP contribution >= 0.6 is 23.1 Å². The monoisotopic (exact) mass is 377 g/mol. The van der Waals surface area contributed by atoms with Crippen molar-refractivity contribution in [2.75, 3.05) is 12.3 Å². The van der Waals surface area contributed by atoms with Crippen LogP contribution in [-0.2, 0) is 24.2 Å². The van der Waals surface area contributed by atoms with E-state index in [0.717, 1.165) is 29.5 Å². The quantitative estimate of drug-likeness (QED) is 0.477. The maximum Gasteiger partial charge on any atom is 0.263 e. The molecule has 2 aromatic rings. The summed E-state index contributed by atoms with van der Waals surface area (Å²) in [6, 6.07) is 0. The molecule has 0 bridgehead atoms. The number of rotatable bonds is 6. The largest absolute Gasteiger partial charge is 0.352 e. The molecule has 2 aromatic heterocycles. The van der Waals surface area contributed by atoms with Crippen molar-refractivity contribution in [2.24, 2.45) is 5.92 Å². The predicted molar refractivity (Wildman–Crippen MR) is 105 cm³/mol. The SMILES string of the molecule is C=CCNC(=O)CSc1nc2sc3c(c2c(=O)n1CC)CC[C@H](C)C3. The molecule has 0 radical (unpaired) electrons. The van der Waals surface area contributed by atoms with Crippen molar-refractivity contribution in [3.05, 3.63) is 33.4 Å². The summed E-state index contributed by atoms with van der Waals surface area (Å²) in [6.45, 7) is 8.79. The molecule has 2 heterocycles. The lowest BCUT2D eigenvalue weighted by Gasteiger charge is -2.17. The normalized spacial score (nSPS) is 16.6. The first-order chi connectivity index (χ1) is 12.0. The second kappa shape index (κ2) is 7.74. The van der Waals surface area contributed by atoms with E-state index in [9.17, 15) is 9.59 Å². The highest BCUT2D eigenvalue weighted by Crippen LogP contribution is 2.36. The van der Waals surface area contributed by atoms with Gasteiger partial charge in [0, 0.05) is 18.0 Å². The zero-order valence-electron chi connectivity index (χ0n) is 14.6. The molecule has 25 heavy (non-hydrogen) atoms. The first kappa shape index (κ1) is 18.2. The Hall–Kier alpha value is -1.60.